The van der Waals surface area contributed by atoms with E-state index in [0.29, 0.717) is 0 Å². The van der Waals surface area contributed by atoms with Crippen LogP contribution in [-0.4, -0.2) is 6.54 Å². The summed E-state index contributed by atoms with van der Waals surface area (Å²) in [6, 6.07) is 5.97. The number of hydrogen-bond acceptors (Lipinski definition) is 1. The smallest absolute Gasteiger partial charge is 0.0648 e. The number of hydrogen-bond donors (Lipinski definition) is 1. The molecule has 1 aromatic rings. The fourth-order valence-electron chi connectivity index (χ4n) is 0.823. The molecule has 0 amide bonds. The molecule has 0 saturated heterocycles. The minimum absolute atomic E-state index is 0.791. The van der Waals surface area contributed by atoms with Crippen LogP contribution < -0.4 is 5.32 Å². The normalized spacial score (nSPS) is 9.73. The van der Waals surface area contributed by atoms with Gasteiger partial charge in [-0.05, 0) is 47.7 Å². The van der Waals surface area contributed by atoms with E-state index in [9.17, 15) is 0 Å². The van der Waals surface area contributed by atoms with Crippen molar-refractivity contribution in [3.63, 3.8) is 0 Å². The maximum atomic E-state index is 5.94. The summed E-state index contributed by atoms with van der Waals surface area (Å²) in [5, 5.41) is 3.96. The Balaban J connectivity index is 2.90. The quantitative estimate of drug-likeness (QED) is 0.820. The molecule has 0 unspecified atom stereocenters. The summed E-state index contributed by atoms with van der Waals surface area (Å²) in [6.07, 6.45) is 0. The third-order valence-corrected chi connectivity index (χ3v) is 2.28. The highest BCUT2D eigenvalue weighted by Crippen LogP contribution is 2.23. The average molecular weight is 282 g/mol. The first-order chi connectivity index (χ1) is 5.24. The standard InChI is InChI=1S/C8H9ClIN/c1-2-11-8-4-3-6(10)5-7(8)9/h3-5,11H,2H2,1H3. The van der Waals surface area contributed by atoms with Crippen LogP contribution in [0, 0.1) is 3.57 Å². The van der Waals surface area contributed by atoms with Gasteiger partial charge in [0.1, 0.15) is 0 Å². The zero-order valence-electron chi connectivity index (χ0n) is 6.20. The molecule has 11 heavy (non-hydrogen) atoms. The topological polar surface area (TPSA) is 12.0 Å². The fraction of sp³-hybridized carbons (Fsp3) is 0.250. The van der Waals surface area contributed by atoms with Gasteiger partial charge in [-0.1, -0.05) is 11.6 Å². The molecular formula is C8H9ClIN. The molecule has 0 bridgehead atoms. The lowest BCUT2D eigenvalue weighted by Crippen LogP contribution is -1.96. The highest BCUT2D eigenvalue weighted by Gasteiger charge is 1.97. The van der Waals surface area contributed by atoms with Crippen molar-refractivity contribution < 1.29 is 0 Å². The third kappa shape index (κ3) is 2.52. The third-order valence-electron chi connectivity index (χ3n) is 1.30. The Labute approximate surface area is 85.3 Å². The lowest BCUT2D eigenvalue weighted by molar-refractivity contribution is 1.21. The second-order valence-corrected chi connectivity index (χ2v) is 3.81. The molecule has 0 spiro atoms. The Bertz CT molecular complexity index is 250. The molecule has 0 heterocycles. The van der Waals surface area contributed by atoms with E-state index >= 15 is 0 Å². The maximum Gasteiger partial charge on any atom is 0.0648 e. The molecule has 0 aromatic heterocycles. The summed E-state index contributed by atoms with van der Waals surface area (Å²) in [4.78, 5) is 0. The van der Waals surface area contributed by atoms with E-state index < -0.39 is 0 Å². The van der Waals surface area contributed by atoms with Gasteiger partial charge in [0, 0.05) is 10.1 Å². The highest BCUT2D eigenvalue weighted by atomic mass is 127. The predicted octanol–water partition coefficient (Wildman–Crippen LogP) is 3.38. The first kappa shape index (κ1) is 9.13. The molecule has 0 saturated carbocycles. The van der Waals surface area contributed by atoms with Gasteiger partial charge < -0.3 is 5.32 Å². The maximum absolute atomic E-state index is 5.94. The van der Waals surface area contributed by atoms with Crippen molar-refractivity contribution in [3.8, 4) is 0 Å². The van der Waals surface area contributed by atoms with Crippen molar-refractivity contribution in [2.75, 3.05) is 11.9 Å². The van der Waals surface area contributed by atoms with Crippen molar-refractivity contribution in [1.82, 2.24) is 0 Å². The Morgan fingerprint density at radius 1 is 1.55 bits per heavy atom. The summed E-state index contributed by atoms with van der Waals surface area (Å²) < 4.78 is 1.16. The average Bonchev–Trinajstić information content (AvgIpc) is 1.95. The summed E-state index contributed by atoms with van der Waals surface area (Å²) in [5.41, 5.74) is 1.01. The van der Waals surface area contributed by atoms with Crippen molar-refractivity contribution >= 4 is 39.9 Å². The molecule has 0 aliphatic heterocycles. The molecule has 0 aliphatic carbocycles. The van der Waals surface area contributed by atoms with E-state index in [4.69, 9.17) is 11.6 Å². The molecule has 3 heteroatoms. The van der Waals surface area contributed by atoms with Crippen LogP contribution in [0.15, 0.2) is 18.2 Å². The van der Waals surface area contributed by atoms with Crippen molar-refractivity contribution in [2.24, 2.45) is 0 Å². The molecule has 0 aliphatic rings. The summed E-state index contributed by atoms with van der Waals surface area (Å²) in [5.74, 6) is 0. The summed E-state index contributed by atoms with van der Waals surface area (Å²) >= 11 is 8.18. The number of halogens is 2. The van der Waals surface area contributed by atoms with Gasteiger partial charge in [0.25, 0.3) is 0 Å². The van der Waals surface area contributed by atoms with Crippen LogP contribution in [0.5, 0.6) is 0 Å². The van der Waals surface area contributed by atoms with Crippen LogP contribution in [0.4, 0.5) is 5.69 Å². The Kier molecular flexibility index (Phi) is 3.45. The monoisotopic (exact) mass is 281 g/mol. The lowest BCUT2D eigenvalue weighted by Gasteiger charge is -2.04. The Morgan fingerprint density at radius 3 is 2.82 bits per heavy atom. The molecule has 1 aromatic carbocycles. The number of anilines is 1. The van der Waals surface area contributed by atoms with Crippen LogP contribution in [0.2, 0.25) is 5.02 Å². The second kappa shape index (κ2) is 4.16. The molecule has 1 N–H and O–H groups in total. The second-order valence-electron chi connectivity index (χ2n) is 2.15. The minimum atomic E-state index is 0.791. The number of benzene rings is 1. The van der Waals surface area contributed by atoms with E-state index in [2.05, 4.69) is 27.9 Å². The molecule has 60 valence electrons. The van der Waals surface area contributed by atoms with E-state index in [-0.39, 0.29) is 0 Å². The molecule has 0 radical (unpaired) electrons. The van der Waals surface area contributed by atoms with Gasteiger partial charge in [-0.2, -0.15) is 0 Å². The van der Waals surface area contributed by atoms with Gasteiger partial charge >= 0.3 is 0 Å². The number of rotatable bonds is 2. The van der Waals surface area contributed by atoms with Crippen LogP contribution in [0.25, 0.3) is 0 Å². The summed E-state index contributed by atoms with van der Waals surface area (Å²) in [6.45, 7) is 2.95. The predicted molar refractivity (Wildman–Crippen MR) is 58.3 cm³/mol. The van der Waals surface area contributed by atoms with Crippen molar-refractivity contribution in [2.45, 2.75) is 6.92 Å². The van der Waals surface area contributed by atoms with Gasteiger partial charge in [-0.15, -0.1) is 0 Å². The van der Waals surface area contributed by atoms with E-state index in [1.165, 1.54) is 0 Å². The van der Waals surface area contributed by atoms with Gasteiger partial charge in [-0.25, -0.2) is 0 Å². The van der Waals surface area contributed by atoms with Gasteiger partial charge in [-0.3, -0.25) is 0 Å². The van der Waals surface area contributed by atoms with Crippen LogP contribution in [-0.2, 0) is 0 Å². The minimum Gasteiger partial charge on any atom is -0.384 e. The van der Waals surface area contributed by atoms with Crippen LogP contribution in [0.1, 0.15) is 6.92 Å². The molecular weight excluding hydrogens is 272 g/mol. The zero-order valence-corrected chi connectivity index (χ0v) is 9.11. The fourth-order valence-corrected chi connectivity index (χ4v) is 1.75. The Hall–Kier alpha value is 0.0400. The first-order valence-electron chi connectivity index (χ1n) is 3.43. The van der Waals surface area contributed by atoms with Crippen molar-refractivity contribution in [1.29, 1.82) is 0 Å². The van der Waals surface area contributed by atoms with Crippen LogP contribution in [0.3, 0.4) is 0 Å². The SMILES string of the molecule is CCNc1ccc(I)cc1Cl. The summed E-state index contributed by atoms with van der Waals surface area (Å²) in [7, 11) is 0. The largest absolute Gasteiger partial charge is 0.384 e. The van der Waals surface area contributed by atoms with E-state index in [0.717, 1.165) is 20.8 Å². The van der Waals surface area contributed by atoms with Gasteiger partial charge in [0.15, 0.2) is 0 Å². The van der Waals surface area contributed by atoms with E-state index in [1.54, 1.807) is 0 Å². The molecule has 0 atom stereocenters. The molecule has 1 nitrogen and oxygen atoms in total. The highest BCUT2D eigenvalue weighted by molar-refractivity contribution is 14.1. The molecule has 1 rings (SSSR count). The van der Waals surface area contributed by atoms with Crippen LogP contribution >= 0.6 is 34.2 Å². The zero-order chi connectivity index (χ0) is 8.27. The Morgan fingerprint density at radius 2 is 2.27 bits per heavy atom. The first-order valence-corrected chi connectivity index (χ1v) is 4.88. The molecule has 0 fully saturated rings. The van der Waals surface area contributed by atoms with Gasteiger partial charge in [0.05, 0.1) is 10.7 Å². The lowest BCUT2D eigenvalue weighted by atomic mass is 10.3. The van der Waals surface area contributed by atoms with Crippen molar-refractivity contribution in [3.05, 3.63) is 26.8 Å². The van der Waals surface area contributed by atoms with Gasteiger partial charge in [0.2, 0.25) is 0 Å². The van der Waals surface area contributed by atoms with E-state index in [1.807, 2.05) is 25.1 Å². The number of nitrogens with one attached hydrogen (secondary N) is 1.